The largest absolute Gasteiger partial charge is 0.481 e. The van der Waals surface area contributed by atoms with Gasteiger partial charge < -0.3 is 20.1 Å². The standard InChI is InChI=1S/C11H12N2O6/c1-13-3-2-6(4-8(13)14)10(17)12-7(11(18)19)5-9(15)16/h2-4,7H,5H2,1H3,(H,12,17)(H,15,16)(H,18,19)/t7-/m1/s1. The number of pyridine rings is 1. The third-order valence-corrected chi connectivity index (χ3v) is 2.35. The molecule has 19 heavy (non-hydrogen) atoms. The van der Waals surface area contributed by atoms with Crippen LogP contribution in [0.1, 0.15) is 16.8 Å². The molecular weight excluding hydrogens is 256 g/mol. The normalized spacial score (nSPS) is 11.6. The van der Waals surface area contributed by atoms with E-state index in [0.29, 0.717) is 0 Å². The zero-order valence-corrected chi connectivity index (χ0v) is 9.99. The maximum atomic E-state index is 11.7. The van der Waals surface area contributed by atoms with Crippen molar-refractivity contribution in [3.8, 4) is 0 Å². The molecule has 0 fully saturated rings. The number of hydrogen-bond acceptors (Lipinski definition) is 4. The molecule has 0 radical (unpaired) electrons. The molecule has 0 saturated carbocycles. The van der Waals surface area contributed by atoms with E-state index in [1.54, 1.807) is 0 Å². The van der Waals surface area contributed by atoms with E-state index < -0.39 is 35.9 Å². The van der Waals surface area contributed by atoms with Crippen molar-refractivity contribution < 1.29 is 24.6 Å². The number of carboxylic acid groups (broad SMARTS) is 2. The Labute approximate surface area is 107 Å². The first-order valence-electron chi connectivity index (χ1n) is 5.23. The predicted octanol–water partition coefficient (Wildman–Crippen LogP) is -0.957. The van der Waals surface area contributed by atoms with Crippen molar-refractivity contribution in [1.29, 1.82) is 0 Å². The number of aryl methyl sites for hydroxylation is 1. The van der Waals surface area contributed by atoms with Crippen molar-refractivity contribution in [3.05, 3.63) is 34.2 Å². The minimum absolute atomic E-state index is 0.0280. The Hall–Kier alpha value is -2.64. The fraction of sp³-hybridized carbons (Fsp3) is 0.273. The second kappa shape index (κ2) is 5.80. The molecule has 0 spiro atoms. The van der Waals surface area contributed by atoms with Gasteiger partial charge in [-0.05, 0) is 6.07 Å². The molecule has 8 nitrogen and oxygen atoms in total. The van der Waals surface area contributed by atoms with Gasteiger partial charge in [0.25, 0.3) is 11.5 Å². The summed E-state index contributed by atoms with van der Waals surface area (Å²) in [6.45, 7) is 0. The van der Waals surface area contributed by atoms with Gasteiger partial charge in [-0.25, -0.2) is 4.79 Å². The first-order valence-corrected chi connectivity index (χ1v) is 5.23. The molecule has 1 aromatic rings. The first kappa shape index (κ1) is 14.4. The Balaban J connectivity index is 2.87. The molecule has 0 aliphatic rings. The van der Waals surface area contributed by atoms with Crippen LogP contribution in [0, 0.1) is 0 Å². The highest BCUT2D eigenvalue weighted by molar-refractivity contribution is 5.97. The number of carbonyl (C=O) groups excluding carboxylic acids is 1. The second-order valence-electron chi connectivity index (χ2n) is 3.83. The minimum Gasteiger partial charge on any atom is -0.481 e. The molecule has 1 rings (SSSR count). The molecule has 8 heteroatoms. The SMILES string of the molecule is Cn1ccc(C(=O)N[C@H](CC(=O)O)C(=O)O)cc1=O. The molecule has 102 valence electrons. The van der Waals surface area contributed by atoms with E-state index in [4.69, 9.17) is 10.2 Å². The molecule has 0 saturated heterocycles. The fourth-order valence-electron chi connectivity index (χ4n) is 1.31. The van der Waals surface area contributed by atoms with Gasteiger partial charge in [0.2, 0.25) is 0 Å². The molecule has 1 amide bonds. The Morgan fingerprint density at radius 1 is 1.37 bits per heavy atom. The Morgan fingerprint density at radius 3 is 2.47 bits per heavy atom. The van der Waals surface area contributed by atoms with Crippen molar-refractivity contribution in [1.82, 2.24) is 9.88 Å². The van der Waals surface area contributed by atoms with Gasteiger partial charge in [-0.1, -0.05) is 0 Å². The lowest BCUT2D eigenvalue weighted by Gasteiger charge is -2.12. The van der Waals surface area contributed by atoms with E-state index in [1.807, 2.05) is 5.32 Å². The van der Waals surface area contributed by atoms with Gasteiger partial charge in [0, 0.05) is 24.9 Å². The van der Waals surface area contributed by atoms with Crippen LogP contribution in [0.4, 0.5) is 0 Å². The zero-order valence-electron chi connectivity index (χ0n) is 9.99. The minimum atomic E-state index is -1.55. The number of amides is 1. The van der Waals surface area contributed by atoms with E-state index in [0.717, 1.165) is 6.07 Å². The Morgan fingerprint density at radius 2 is 2.00 bits per heavy atom. The van der Waals surface area contributed by atoms with Gasteiger partial charge in [0.1, 0.15) is 6.04 Å². The quantitative estimate of drug-likeness (QED) is 0.631. The smallest absolute Gasteiger partial charge is 0.326 e. The average Bonchev–Trinajstić information content (AvgIpc) is 2.31. The van der Waals surface area contributed by atoms with Crippen LogP contribution in [0.15, 0.2) is 23.1 Å². The first-order chi connectivity index (χ1) is 8.81. The maximum absolute atomic E-state index is 11.7. The molecule has 0 aliphatic carbocycles. The van der Waals surface area contributed by atoms with Gasteiger partial charge in [-0.3, -0.25) is 14.4 Å². The van der Waals surface area contributed by atoms with Gasteiger partial charge in [0.05, 0.1) is 6.42 Å². The van der Waals surface area contributed by atoms with Crippen LogP contribution in [-0.2, 0) is 16.6 Å². The lowest BCUT2D eigenvalue weighted by Crippen LogP contribution is -2.42. The predicted molar refractivity (Wildman–Crippen MR) is 62.8 cm³/mol. The van der Waals surface area contributed by atoms with Crippen molar-refractivity contribution >= 4 is 17.8 Å². The van der Waals surface area contributed by atoms with Crippen LogP contribution < -0.4 is 10.9 Å². The lowest BCUT2D eigenvalue weighted by molar-refractivity contribution is -0.145. The number of aromatic nitrogens is 1. The van der Waals surface area contributed by atoms with Crippen LogP contribution in [-0.4, -0.2) is 38.7 Å². The highest BCUT2D eigenvalue weighted by Crippen LogP contribution is 1.99. The summed E-state index contributed by atoms with van der Waals surface area (Å²) in [6.07, 6.45) is 0.607. The van der Waals surface area contributed by atoms with Gasteiger partial charge >= 0.3 is 11.9 Å². The zero-order chi connectivity index (χ0) is 14.6. The number of carbonyl (C=O) groups is 3. The third-order valence-electron chi connectivity index (χ3n) is 2.35. The van der Waals surface area contributed by atoms with Crippen molar-refractivity contribution in [3.63, 3.8) is 0 Å². The van der Waals surface area contributed by atoms with Gasteiger partial charge in [0.15, 0.2) is 0 Å². The van der Waals surface area contributed by atoms with Crippen LogP contribution >= 0.6 is 0 Å². The van der Waals surface area contributed by atoms with E-state index in [2.05, 4.69) is 0 Å². The fourth-order valence-corrected chi connectivity index (χ4v) is 1.31. The van der Waals surface area contributed by atoms with Crippen LogP contribution in [0.3, 0.4) is 0 Å². The Bertz CT molecular complexity index is 577. The number of rotatable bonds is 5. The summed E-state index contributed by atoms with van der Waals surface area (Å²) in [7, 11) is 1.49. The summed E-state index contributed by atoms with van der Waals surface area (Å²) in [5.41, 5.74) is -0.461. The number of aliphatic carboxylic acids is 2. The van der Waals surface area contributed by atoms with Crippen LogP contribution in [0.5, 0.6) is 0 Å². The number of hydrogen-bond donors (Lipinski definition) is 3. The van der Waals surface area contributed by atoms with Crippen molar-refractivity contribution in [2.24, 2.45) is 7.05 Å². The molecular formula is C11H12N2O6. The second-order valence-corrected chi connectivity index (χ2v) is 3.83. The summed E-state index contributed by atoms with van der Waals surface area (Å²) >= 11 is 0. The molecule has 0 bridgehead atoms. The molecule has 0 unspecified atom stereocenters. The highest BCUT2D eigenvalue weighted by Gasteiger charge is 2.23. The van der Waals surface area contributed by atoms with Gasteiger partial charge in [-0.15, -0.1) is 0 Å². The monoisotopic (exact) mass is 268 g/mol. The number of nitrogens with one attached hydrogen (secondary N) is 1. The summed E-state index contributed by atoms with van der Waals surface area (Å²) < 4.78 is 1.24. The Kier molecular flexibility index (Phi) is 4.41. The van der Waals surface area contributed by atoms with E-state index >= 15 is 0 Å². The van der Waals surface area contributed by atoms with E-state index in [-0.39, 0.29) is 5.56 Å². The topological polar surface area (TPSA) is 126 Å². The summed E-state index contributed by atoms with van der Waals surface area (Å²) in [5, 5.41) is 19.3. The molecule has 0 aliphatic heterocycles. The number of carboxylic acids is 2. The summed E-state index contributed by atoms with van der Waals surface area (Å²) in [5.74, 6) is -3.62. The molecule has 3 N–H and O–H groups in total. The van der Waals surface area contributed by atoms with Crippen molar-refractivity contribution in [2.45, 2.75) is 12.5 Å². The molecule has 0 aromatic carbocycles. The molecule has 1 atom stereocenters. The average molecular weight is 268 g/mol. The van der Waals surface area contributed by atoms with E-state index in [9.17, 15) is 19.2 Å². The van der Waals surface area contributed by atoms with Crippen LogP contribution in [0.2, 0.25) is 0 Å². The third kappa shape index (κ3) is 3.95. The highest BCUT2D eigenvalue weighted by atomic mass is 16.4. The maximum Gasteiger partial charge on any atom is 0.326 e. The number of nitrogens with zero attached hydrogens (tertiary/aromatic N) is 1. The van der Waals surface area contributed by atoms with Gasteiger partial charge in [-0.2, -0.15) is 0 Å². The lowest BCUT2D eigenvalue weighted by atomic mass is 10.2. The summed E-state index contributed by atoms with van der Waals surface area (Å²) in [6, 6.07) is 0.819. The van der Waals surface area contributed by atoms with Crippen LogP contribution in [0.25, 0.3) is 0 Å². The van der Waals surface area contributed by atoms with Crippen molar-refractivity contribution in [2.75, 3.05) is 0 Å². The molecule has 1 aromatic heterocycles. The molecule has 1 heterocycles. The van der Waals surface area contributed by atoms with E-state index in [1.165, 1.54) is 23.9 Å². The summed E-state index contributed by atoms with van der Waals surface area (Å²) in [4.78, 5) is 44.2.